The number of nitrogens with one attached hydrogen (secondary N) is 1. The Morgan fingerprint density at radius 3 is 2.58 bits per heavy atom. The highest BCUT2D eigenvalue weighted by atomic mass is 16.5. The molecule has 5 nitrogen and oxygen atoms in total. The van der Waals surface area contributed by atoms with Crippen molar-refractivity contribution in [1.29, 1.82) is 0 Å². The number of carbonyl (C=O) groups is 2. The molecule has 0 unspecified atom stereocenters. The van der Waals surface area contributed by atoms with Gasteiger partial charge in [-0.15, -0.1) is 0 Å². The van der Waals surface area contributed by atoms with Gasteiger partial charge in [0.25, 0.3) is 0 Å². The predicted molar refractivity (Wildman–Crippen MR) is 73.5 cm³/mol. The van der Waals surface area contributed by atoms with Crippen LogP contribution in [0.3, 0.4) is 0 Å². The Morgan fingerprint density at radius 1 is 1.26 bits per heavy atom. The van der Waals surface area contributed by atoms with Gasteiger partial charge in [0.15, 0.2) is 5.78 Å². The largest absolute Gasteiger partial charge is 0.493 e. The van der Waals surface area contributed by atoms with E-state index in [-0.39, 0.29) is 24.8 Å². The van der Waals surface area contributed by atoms with Crippen molar-refractivity contribution >= 4 is 11.7 Å². The Hall–Kier alpha value is -1.88. The first-order valence-corrected chi connectivity index (χ1v) is 6.22. The number of carbonyl (C=O) groups excluding carboxylic acids is 2. The Morgan fingerprint density at radius 2 is 1.95 bits per heavy atom. The van der Waals surface area contributed by atoms with E-state index in [1.165, 1.54) is 0 Å². The number of nitrogens with zero attached hydrogens (tertiary/aromatic N) is 1. The number of Topliss-reactive ketones (excluding diaryl/α,β-unsaturated/α-hetero) is 1. The summed E-state index contributed by atoms with van der Waals surface area (Å²) in [5, 5.41) is 2.52. The molecule has 0 spiro atoms. The zero-order valence-electron chi connectivity index (χ0n) is 11.6. The van der Waals surface area contributed by atoms with Crippen molar-refractivity contribution in [2.75, 3.05) is 33.8 Å². The number of ketones is 1. The summed E-state index contributed by atoms with van der Waals surface area (Å²) in [4.78, 5) is 25.1. The van der Waals surface area contributed by atoms with Crippen molar-refractivity contribution in [2.45, 2.75) is 6.92 Å². The summed E-state index contributed by atoms with van der Waals surface area (Å²) in [5.74, 6) is 0.409. The summed E-state index contributed by atoms with van der Waals surface area (Å²) in [6.07, 6.45) is 0. The maximum absolute atomic E-state index is 12.2. The van der Waals surface area contributed by atoms with Gasteiger partial charge in [0.2, 0.25) is 5.91 Å². The van der Waals surface area contributed by atoms with Gasteiger partial charge in [0.1, 0.15) is 5.75 Å². The molecule has 0 aliphatic carbocycles. The van der Waals surface area contributed by atoms with Gasteiger partial charge in [-0.1, -0.05) is 12.1 Å². The Balaban J connectivity index is 2.70. The van der Waals surface area contributed by atoms with Crippen LogP contribution in [-0.2, 0) is 4.79 Å². The van der Waals surface area contributed by atoms with Crippen LogP contribution >= 0.6 is 0 Å². The molecular weight excluding hydrogens is 244 g/mol. The molecule has 0 aliphatic heterocycles. The van der Waals surface area contributed by atoms with Crippen molar-refractivity contribution in [3.63, 3.8) is 0 Å². The lowest BCUT2D eigenvalue weighted by Gasteiger charge is -2.15. The fourth-order valence-electron chi connectivity index (χ4n) is 1.69. The second-order valence-electron chi connectivity index (χ2n) is 4.20. The Labute approximate surface area is 113 Å². The average Bonchev–Trinajstić information content (AvgIpc) is 2.39. The molecule has 104 valence electrons. The summed E-state index contributed by atoms with van der Waals surface area (Å²) in [6.45, 7) is 2.76. The third-order valence-electron chi connectivity index (χ3n) is 2.59. The smallest absolute Gasteiger partial charge is 0.233 e. The zero-order chi connectivity index (χ0) is 14.3. The van der Waals surface area contributed by atoms with E-state index in [9.17, 15) is 9.59 Å². The van der Waals surface area contributed by atoms with Crippen LogP contribution in [0.1, 0.15) is 17.3 Å². The number of hydrogen-bond donors (Lipinski definition) is 1. The van der Waals surface area contributed by atoms with Gasteiger partial charge >= 0.3 is 0 Å². The standard InChI is InChI=1S/C14H20N2O3/c1-4-19-13-8-6-5-7-11(13)12(17)9-16(3)10-14(18)15-2/h5-8H,4,9-10H2,1-3H3,(H,15,18). The van der Waals surface area contributed by atoms with E-state index in [0.29, 0.717) is 17.9 Å². The monoisotopic (exact) mass is 264 g/mol. The van der Waals surface area contributed by atoms with Crippen LogP contribution in [0, 0.1) is 0 Å². The van der Waals surface area contributed by atoms with E-state index in [1.54, 1.807) is 37.2 Å². The number of rotatable bonds is 7. The fraction of sp³-hybridized carbons (Fsp3) is 0.429. The number of benzene rings is 1. The quantitative estimate of drug-likeness (QED) is 0.745. The SMILES string of the molecule is CCOc1ccccc1C(=O)CN(C)CC(=O)NC. The van der Waals surface area contributed by atoms with Gasteiger partial charge in [-0.2, -0.15) is 0 Å². The number of para-hydroxylation sites is 1. The maximum Gasteiger partial charge on any atom is 0.233 e. The van der Waals surface area contributed by atoms with Crippen LogP contribution < -0.4 is 10.1 Å². The molecule has 0 atom stereocenters. The van der Waals surface area contributed by atoms with Crippen LogP contribution in [0.5, 0.6) is 5.75 Å². The highest BCUT2D eigenvalue weighted by Crippen LogP contribution is 2.18. The van der Waals surface area contributed by atoms with Gasteiger partial charge in [0, 0.05) is 7.05 Å². The van der Waals surface area contributed by atoms with Crippen LogP contribution in [0.25, 0.3) is 0 Å². The van der Waals surface area contributed by atoms with E-state index >= 15 is 0 Å². The summed E-state index contributed by atoms with van der Waals surface area (Å²) < 4.78 is 5.42. The van der Waals surface area contributed by atoms with Gasteiger partial charge in [0.05, 0.1) is 25.3 Å². The minimum atomic E-state index is -0.117. The Kier molecular flexibility index (Phi) is 6.02. The average molecular weight is 264 g/mol. The highest BCUT2D eigenvalue weighted by Gasteiger charge is 2.15. The molecule has 0 radical (unpaired) electrons. The van der Waals surface area contributed by atoms with Crippen molar-refractivity contribution in [3.05, 3.63) is 29.8 Å². The summed E-state index contributed by atoms with van der Waals surface area (Å²) in [7, 11) is 3.30. The minimum absolute atomic E-state index is 0.0598. The topological polar surface area (TPSA) is 58.6 Å². The molecule has 1 aromatic rings. The molecule has 0 aromatic heterocycles. The van der Waals surface area contributed by atoms with Crippen molar-refractivity contribution in [2.24, 2.45) is 0 Å². The predicted octanol–water partition coefficient (Wildman–Crippen LogP) is 0.946. The second kappa shape index (κ2) is 7.53. The zero-order valence-corrected chi connectivity index (χ0v) is 11.6. The van der Waals surface area contributed by atoms with Gasteiger partial charge in [-0.05, 0) is 26.1 Å². The summed E-state index contributed by atoms with van der Waals surface area (Å²) in [6, 6.07) is 7.14. The molecule has 19 heavy (non-hydrogen) atoms. The van der Waals surface area contributed by atoms with Gasteiger partial charge in [-0.3, -0.25) is 14.5 Å². The van der Waals surface area contributed by atoms with Crippen molar-refractivity contribution < 1.29 is 14.3 Å². The van der Waals surface area contributed by atoms with Gasteiger partial charge < -0.3 is 10.1 Å². The molecule has 0 bridgehead atoms. The molecule has 5 heteroatoms. The lowest BCUT2D eigenvalue weighted by Crippen LogP contribution is -2.36. The van der Waals surface area contributed by atoms with Crippen molar-refractivity contribution in [1.82, 2.24) is 10.2 Å². The van der Waals surface area contributed by atoms with Crippen LogP contribution in [0.15, 0.2) is 24.3 Å². The number of amides is 1. The first kappa shape index (κ1) is 15.2. The third kappa shape index (κ3) is 4.71. The van der Waals surface area contributed by atoms with Crippen molar-refractivity contribution in [3.8, 4) is 5.75 Å². The molecular formula is C14H20N2O3. The first-order valence-electron chi connectivity index (χ1n) is 6.22. The summed E-state index contributed by atoms with van der Waals surface area (Å²) in [5.41, 5.74) is 0.549. The first-order chi connectivity index (χ1) is 9.08. The minimum Gasteiger partial charge on any atom is -0.493 e. The number of likely N-dealkylation sites (N-methyl/N-ethyl adjacent to an activating group) is 2. The van der Waals surface area contributed by atoms with E-state index in [4.69, 9.17) is 4.74 Å². The van der Waals surface area contributed by atoms with Crippen LogP contribution in [0.2, 0.25) is 0 Å². The molecule has 0 heterocycles. The fourth-order valence-corrected chi connectivity index (χ4v) is 1.69. The normalized spacial score (nSPS) is 10.3. The molecule has 1 rings (SSSR count). The lowest BCUT2D eigenvalue weighted by atomic mass is 10.1. The van der Waals surface area contributed by atoms with Crippen LogP contribution in [-0.4, -0.2) is 50.4 Å². The Bertz CT molecular complexity index is 446. The number of ether oxygens (including phenoxy) is 1. The molecule has 1 amide bonds. The molecule has 1 N–H and O–H groups in total. The molecule has 0 saturated carbocycles. The van der Waals surface area contributed by atoms with E-state index in [0.717, 1.165) is 0 Å². The molecule has 0 aliphatic rings. The number of hydrogen-bond acceptors (Lipinski definition) is 4. The molecule has 1 aromatic carbocycles. The third-order valence-corrected chi connectivity index (χ3v) is 2.59. The molecule has 0 saturated heterocycles. The maximum atomic E-state index is 12.2. The summed E-state index contributed by atoms with van der Waals surface area (Å²) >= 11 is 0. The lowest BCUT2D eigenvalue weighted by molar-refractivity contribution is -0.121. The second-order valence-corrected chi connectivity index (χ2v) is 4.20. The van der Waals surface area contributed by atoms with E-state index < -0.39 is 0 Å². The van der Waals surface area contributed by atoms with E-state index in [2.05, 4.69) is 5.32 Å². The van der Waals surface area contributed by atoms with Gasteiger partial charge in [-0.25, -0.2) is 0 Å². The molecule has 0 fully saturated rings. The van der Waals surface area contributed by atoms with Crippen LogP contribution in [0.4, 0.5) is 0 Å². The highest BCUT2D eigenvalue weighted by molar-refractivity contribution is 6.00. The van der Waals surface area contributed by atoms with E-state index in [1.807, 2.05) is 13.0 Å².